The molecule has 3 fully saturated rings. The highest BCUT2D eigenvalue weighted by atomic mass is 16.2. The average molecular weight is 354 g/mol. The largest absolute Gasteiger partial charge is 0.338 e. The van der Waals surface area contributed by atoms with Crippen LogP contribution >= 0.6 is 0 Å². The molecule has 3 aliphatic heterocycles. The van der Waals surface area contributed by atoms with Crippen LogP contribution in [0.15, 0.2) is 18.5 Å². The molecule has 5 rings (SSSR count). The van der Waals surface area contributed by atoms with E-state index in [9.17, 15) is 4.79 Å². The first-order valence-electron chi connectivity index (χ1n) is 9.43. The number of aromatic amines is 1. The zero-order chi connectivity index (χ0) is 18.1. The van der Waals surface area contributed by atoms with Gasteiger partial charge in [-0.15, -0.1) is 0 Å². The van der Waals surface area contributed by atoms with Gasteiger partial charge < -0.3 is 9.80 Å². The van der Waals surface area contributed by atoms with Crippen molar-refractivity contribution in [1.82, 2.24) is 25.1 Å². The Bertz CT molecular complexity index is 774. The minimum atomic E-state index is 0.246. The third kappa shape index (κ3) is 3.30. The van der Waals surface area contributed by atoms with Crippen LogP contribution in [0, 0.1) is 19.8 Å². The van der Waals surface area contributed by atoms with Gasteiger partial charge in [-0.05, 0) is 44.2 Å². The van der Waals surface area contributed by atoms with Crippen LogP contribution in [-0.4, -0.2) is 56.6 Å². The lowest BCUT2D eigenvalue weighted by Crippen LogP contribution is -2.47. The number of carbonyl (C=O) groups is 1. The van der Waals surface area contributed by atoms with E-state index < -0.39 is 0 Å². The van der Waals surface area contributed by atoms with Crippen molar-refractivity contribution in [2.75, 3.05) is 24.5 Å². The van der Waals surface area contributed by atoms with Crippen molar-refractivity contribution in [3.05, 3.63) is 35.4 Å². The fourth-order valence-corrected chi connectivity index (χ4v) is 4.15. The second-order valence-corrected chi connectivity index (χ2v) is 7.52. The Morgan fingerprint density at radius 1 is 1.19 bits per heavy atom. The molecule has 0 aliphatic carbocycles. The quantitative estimate of drug-likeness (QED) is 0.907. The van der Waals surface area contributed by atoms with Gasteiger partial charge in [0.25, 0.3) is 0 Å². The Morgan fingerprint density at radius 3 is 2.73 bits per heavy atom. The van der Waals surface area contributed by atoms with E-state index in [0.29, 0.717) is 18.8 Å². The smallest absolute Gasteiger partial charge is 0.225 e. The Morgan fingerprint density at radius 2 is 2.00 bits per heavy atom. The van der Waals surface area contributed by atoms with Crippen molar-refractivity contribution < 1.29 is 4.79 Å². The number of rotatable bonds is 4. The first-order valence-corrected chi connectivity index (χ1v) is 9.43. The number of aryl methyl sites for hydroxylation is 2. The van der Waals surface area contributed by atoms with Gasteiger partial charge in [-0.3, -0.25) is 9.89 Å². The molecule has 3 saturated heterocycles. The van der Waals surface area contributed by atoms with Gasteiger partial charge in [0.2, 0.25) is 11.9 Å². The number of H-pyrrole nitrogens is 1. The third-order valence-corrected chi connectivity index (χ3v) is 5.80. The molecule has 7 heteroatoms. The first kappa shape index (κ1) is 17.0. The number of hydrogen-bond donors (Lipinski definition) is 1. The zero-order valence-corrected chi connectivity index (χ0v) is 15.5. The molecule has 138 valence electrons. The zero-order valence-electron chi connectivity index (χ0n) is 15.5. The standard InChI is InChI=1S/C19H26N6O/c1-13-14(2)22-23-17(13)6-7-18(26)25-11-15-4-5-16(25)12-24(10-15)19-20-8-3-9-21-19/h3,8-9,15-16H,4-7,10-12H2,1-2H3,(H,22,23). The molecule has 3 aliphatic rings. The summed E-state index contributed by atoms with van der Waals surface area (Å²) < 4.78 is 0. The van der Waals surface area contributed by atoms with E-state index in [1.807, 2.05) is 13.0 Å². The molecule has 2 unspecified atom stereocenters. The molecule has 1 N–H and O–H groups in total. The first-order chi connectivity index (χ1) is 12.6. The molecule has 2 bridgehead atoms. The molecular weight excluding hydrogens is 328 g/mol. The van der Waals surface area contributed by atoms with Crippen LogP contribution in [-0.2, 0) is 11.2 Å². The summed E-state index contributed by atoms with van der Waals surface area (Å²) in [7, 11) is 0. The Balaban J connectivity index is 1.43. The number of hydrogen-bond acceptors (Lipinski definition) is 5. The van der Waals surface area contributed by atoms with E-state index >= 15 is 0 Å². The summed E-state index contributed by atoms with van der Waals surface area (Å²) in [5, 5.41) is 7.34. The number of fused-ring (bicyclic) bond motifs is 4. The Labute approximate surface area is 153 Å². The van der Waals surface area contributed by atoms with E-state index in [0.717, 1.165) is 43.4 Å². The molecule has 2 aromatic rings. The highest BCUT2D eigenvalue weighted by Crippen LogP contribution is 2.30. The molecule has 2 atom stereocenters. The summed E-state index contributed by atoms with van der Waals surface area (Å²) in [4.78, 5) is 26.1. The van der Waals surface area contributed by atoms with E-state index in [1.165, 1.54) is 12.0 Å². The van der Waals surface area contributed by atoms with Gasteiger partial charge in [-0.1, -0.05) is 0 Å². The number of amides is 1. The van der Waals surface area contributed by atoms with Crippen LogP contribution in [0.2, 0.25) is 0 Å². The number of carbonyl (C=O) groups excluding carboxylic acids is 1. The molecule has 0 radical (unpaired) electrons. The number of aromatic nitrogens is 4. The fourth-order valence-electron chi connectivity index (χ4n) is 4.15. The minimum Gasteiger partial charge on any atom is -0.338 e. The van der Waals surface area contributed by atoms with Gasteiger partial charge in [0.1, 0.15) is 0 Å². The monoisotopic (exact) mass is 354 g/mol. The molecule has 26 heavy (non-hydrogen) atoms. The van der Waals surface area contributed by atoms with Crippen molar-refractivity contribution in [1.29, 1.82) is 0 Å². The molecular formula is C19H26N6O. The third-order valence-electron chi connectivity index (χ3n) is 5.80. The fraction of sp³-hybridized carbons (Fsp3) is 0.579. The summed E-state index contributed by atoms with van der Waals surface area (Å²) in [6.45, 7) is 6.69. The van der Waals surface area contributed by atoms with Crippen LogP contribution in [0.1, 0.15) is 36.2 Å². The summed E-state index contributed by atoms with van der Waals surface area (Å²) in [5.41, 5.74) is 3.26. The Hall–Kier alpha value is -2.44. The number of nitrogens with one attached hydrogen (secondary N) is 1. The Kier molecular flexibility index (Phi) is 4.61. The van der Waals surface area contributed by atoms with Gasteiger partial charge >= 0.3 is 0 Å². The van der Waals surface area contributed by atoms with Crippen LogP contribution < -0.4 is 4.90 Å². The molecule has 1 amide bonds. The molecule has 2 aromatic heterocycles. The SMILES string of the molecule is Cc1[nH]nc(CCC(=O)N2CC3CCC2CN(c2ncccn2)C3)c1C. The average Bonchev–Trinajstić information content (AvgIpc) is 2.86. The molecule has 0 saturated carbocycles. The van der Waals surface area contributed by atoms with Crippen molar-refractivity contribution in [2.45, 2.75) is 45.6 Å². The van der Waals surface area contributed by atoms with Gasteiger partial charge in [0.05, 0.1) is 5.69 Å². The maximum atomic E-state index is 12.9. The van der Waals surface area contributed by atoms with E-state index in [1.54, 1.807) is 12.4 Å². The molecule has 0 spiro atoms. The molecule has 5 heterocycles. The van der Waals surface area contributed by atoms with Crippen molar-refractivity contribution in [3.63, 3.8) is 0 Å². The topological polar surface area (TPSA) is 78.0 Å². The normalized spacial score (nSPS) is 22.5. The molecule has 0 aromatic carbocycles. The second kappa shape index (κ2) is 7.05. The van der Waals surface area contributed by atoms with Crippen LogP contribution in [0.4, 0.5) is 5.95 Å². The lowest BCUT2D eigenvalue weighted by molar-refractivity contribution is -0.135. The predicted molar refractivity (Wildman–Crippen MR) is 98.9 cm³/mol. The number of nitrogens with zero attached hydrogens (tertiary/aromatic N) is 5. The van der Waals surface area contributed by atoms with Gasteiger partial charge in [0.15, 0.2) is 0 Å². The number of piperidine rings is 1. The number of anilines is 1. The maximum Gasteiger partial charge on any atom is 0.225 e. The van der Waals surface area contributed by atoms with Gasteiger partial charge in [-0.25, -0.2) is 9.97 Å². The highest BCUT2D eigenvalue weighted by Gasteiger charge is 2.37. The van der Waals surface area contributed by atoms with Crippen LogP contribution in [0.25, 0.3) is 0 Å². The predicted octanol–water partition coefficient (Wildman–Crippen LogP) is 1.88. The summed E-state index contributed by atoms with van der Waals surface area (Å²) in [6.07, 6.45) is 7.04. The maximum absolute atomic E-state index is 12.9. The van der Waals surface area contributed by atoms with Gasteiger partial charge in [-0.2, -0.15) is 5.10 Å². The lowest BCUT2D eigenvalue weighted by atomic mass is 9.94. The summed E-state index contributed by atoms with van der Waals surface area (Å²) in [6, 6.07) is 2.09. The van der Waals surface area contributed by atoms with Crippen molar-refractivity contribution in [3.8, 4) is 0 Å². The van der Waals surface area contributed by atoms with Crippen LogP contribution in [0.3, 0.4) is 0 Å². The van der Waals surface area contributed by atoms with E-state index in [-0.39, 0.29) is 11.9 Å². The van der Waals surface area contributed by atoms with Crippen LogP contribution in [0.5, 0.6) is 0 Å². The second-order valence-electron chi connectivity index (χ2n) is 7.52. The lowest BCUT2D eigenvalue weighted by Gasteiger charge is -2.36. The van der Waals surface area contributed by atoms with E-state index in [2.05, 4.69) is 36.9 Å². The summed E-state index contributed by atoms with van der Waals surface area (Å²) >= 11 is 0. The van der Waals surface area contributed by atoms with E-state index in [4.69, 9.17) is 0 Å². The minimum absolute atomic E-state index is 0.246. The van der Waals surface area contributed by atoms with Gasteiger partial charge in [0, 0.05) is 56.6 Å². The molecule has 7 nitrogen and oxygen atoms in total. The highest BCUT2D eigenvalue weighted by molar-refractivity contribution is 5.77. The van der Waals surface area contributed by atoms with Crippen molar-refractivity contribution >= 4 is 11.9 Å². The summed E-state index contributed by atoms with van der Waals surface area (Å²) in [5.74, 6) is 1.52. The van der Waals surface area contributed by atoms with Crippen molar-refractivity contribution in [2.24, 2.45) is 5.92 Å².